The molecule has 1 atom stereocenters. The molecule has 0 aliphatic carbocycles. The molecule has 182 valence electrons. The molecule has 0 heterocycles. The lowest BCUT2D eigenvalue weighted by Gasteiger charge is -2.27. The minimum atomic E-state index is -3.76. The molecule has 0 saturated carbocycles. The van der Waals surface area contributed by atoms with Crippen LogP contribution >= 0.6 is 0 Å². The molecular formula is C24H29N3O6S. The highest BCUT2D eigenvalue weighted by Gasteiger charge is 2.29. The van der Waals surface area contributed by atoms with Gasteiger partial charge < -0.3 is 14.2 Å². The fraction of sp³-hybridized carbons (Fsp3) is 0.250. The summed E-state index contributed by atoms with van der Waals surface area (Å²) in [5.74, 6) is 1.01. The van der Waals surface area contributed by atoms with Gasteiger partial charge >= 0.3 is 0 Å². The van der Waals surface area contributed by atoms with Gasteiger partial charge in [0.1, 0.15) is 36.5 Å². The molecule has 9 nitrogen and oxygen atoms in total. The van der Waals surface area contributed by atoms with Gasteiger partial charge in [-0.1, -0.05) is 25.3 Å². The highest BCUT2D eigenvalue weighted by molar-refractivity contribution is 7.92. The van der Waals surface area contributed by atoms with Crippen molar-refractivity contribution in [2.45, 2.75) is 13.0 Å². The molecule has 0 spiro atoms. The number of anilines is 1. The average molecular weight is 488 g/mol. The smallest absolute Gasteiger partial charge is 0.263 e. The summed E-state index contributed by atoms with van der Waals surface area (Å²) in [5, 5.41) is 3.98. The summed E-state index contributed by atoms with van der Waals surface area (Å²) in [6.45, 7) is 9.32. The highest BCUT2D eigenvalue weighted by atomic mass is 32.2. The number of hydrogen-bond acceptors (Lipinski definition) is 7. The number of nitrogens with zero attached hydrogens (tertiary/aromatic N) is 2. The van der Waals surface area contributed by atoms with Crippen molar-refractivity contribution in [3.8, 4) is 17.2 Å². The van der Waals surface area contributed by atoms with E-state index >= 15 is 0 Å². The topological polar surface area (TPSA) is 107 Å². The second-order valence-corrected chi connectivity index (χ2v) is 8.93. The zero-order valence-electron chi connectivity index (χ0n) is 19.4. The van der Waals surface area contributed by atoms with E-state index in [1.165, 1.54) is 20.2 Å². The fourth-order valence-electron chi connectivity index (χ4n) is 2.94. The molecule has 0 aromatic heterocycles. The first-order valence-corrected chi connectivity index (χ1v) is 12.1. The van der Waals surface area contributed by atoms with Gasteiger partial charge in [0.2, 0.25) is 10.0 Å². The molecule has 0 aliphatic heterocycles. The van der Waals surface area contributed by atoms with Crippen LogP contribution in [0.15, 0.2) is 72.9 Å². The highest BCUT2D eigenvalue weighted by Crippen LogP contribution is 2.25. The van der Waals surface area contributed by atoms with Crippen molar-refractivity contribution >= 4 is 27.8 Å². The Morgan fingerprint density at radius 3 is 2.29 bits per heavy atom. The maximum Gasteiger partial charge on any atom is 0.263 e. The summed E-state index contributed by atoms with van der Waals surface area (Å²) >= 11 is 0. The predicted octanol–water partition coefficient (Wildman–Crippen LogP) is 3.13. The number of ether oxygens (including phenoxy) is 3. The van der Waals surface area contributed by atoms with Crippen molar-refractivity contribution in [1.29, 1.82) is 0 Å². The molecule has 1 N–H and O–H groups in total. The van der Waals surface area contributed by atoms with Crippen molar-refractivity contribution in [2.75, 3.05) is 30.9 Å². The van der Waals surface area contributed by atoms with E-state index in [9.17, 15) is 13.2 Å². The Balaban J connectivity index is 2.19. The first-order chi connectivity index (χ1) is 16.2. The number of hydrogen-bond donors (Lipinski definition) is 1. The van der Waals surface area contributed by atoms with Gasteiger partial charge in [0.25, 0.3) is 5.91 Å². The number of benzene rings is 2. The third-order valence-electron chi connectivity index (χ3n) is 4.50. The molecule has 0 saturated heterocycles. The van der Waals surface area contributed by atoms with Crippen LogP contribution in [-0.2, 0) is 14.8 Å². The third-order valence-corrected chi connectivity index (χ3v) is 5.74. The van der Waals surface area contributed by atoms with Crippen molar-refractivity contribution in [3.05, 3.63) is 73.3 Å². The van der Waals surface area contributed by atoms with E-state index in [1.807, 2.05) is 0 Å². The Kier molecular flexibility index (Phi) is 9.69. The number of sulfonamides is 1. The average Bonchev–Trinajstić information content (AvgIpc) is 2.81. The molecule has 0 fully saturated rings. The van der Waals surface area contributed by atoms with Gasteiger partial charge in [-0.3, -0.25) is 9.10 Å². The summed E-state index contributed by atoms with van der Waals surface area (Å²) in [4.78, 5) is 12.7. The van der Waals surface area contributed by atoms with Crippen LogP contribution in [0, 0.1) is 0 Å². The lowest BCUT2D eigenvalue weighted by molar-refractivity contribution is -0.121. The number of hydrazone groups is 1. The predicted molar refractivity (Wildman–Crippen MR) is 133 cm³/mol. The van der Waals surface area contributed by atoms with Gasteiger partial charge in [-0.05, 0) is 43.3 Å². The van der Waals surface area contributed by atoms with Crippen molar-refractivity contribution < 1.29 is 27.4 Å². The molecule has 2 aromatic carbocycles. The Hall–Kier alpha value is -3.79. The number of amides is 1. The second kappa shape index (κ2) is 12.4. The third kappa shape index (κ3) is 7.38. The van der Waals surface area contributed by atoms with E-state index in [1.54, 1.807) is 54.6 Å². The molecule has 34 heavy (non-hydrogen) atoms. The maximum atomic E-state index is 12.7. The van der Waals surface area contributed by atoms with Crippen molar-refractivity contribution in [1.82, 2.24) is 5.43 Å². The number of rotatable bonds is 13. The number of carbonyl (C=O) groups excluding carboxylic acids is 1. The number of carbonyl (C=O) groups is 1. The van der Waals surface area contributed by atoms with E-state index in [4.69, 9.17) is 14.2 Å². The SMILES string of the molecule is C=CCOc1ccc(/C=N\NC(=O)[C@@H](C)N(c2ccc(OC)cc2)S(C)(=O)=O)c(OCC=C)c1. The van der Waals surface area contributed by atoms with Crippen LogP contribution in [0.1, 0.15) is 12.5 Å². The molecule has 0 bridgehead atoms. The Labute approximate surface area is 200 Å². The molecule has 2 aromatic rings. The summed E-state index contributed by atoms with van der Waals surface area (Å²) in [7, 11) is -2.25. The van der Waals surface area contributed by atoms with Crippen LogP contribution in [0.25, 0.3) is 0 Å². The lowest BCUT2D eigenvalue weighted by atomic mass is 10.2. The zero-order valence-corrected chi connectivity index (χ0v) is 20.2. The van der Waals surface area contributed by atoms with Gasteiger partial charge in [-0.2, -0.15) is 5.10 Å². The molecule has 0 radical (unpaired) electrons. The quantitative estimate of drug-likeness (QED) is 0.264. The Bertz CT molecular complexity index is 1130. The van der Waals surface area contributed by atoms with Gasteiger partial charge in [0.05, 0.1) is 25.3 Å². The second-order valence-electron chi connectivity index (χ2n) is 7.07. The largest absolute Gasteiger partial charge is 0.497 e. The van der Waals surface area contributed by atoms with Crippen LogP contribution in [-0.4, -0.2) is 53.2 Å². The summed E-state index contributed by atoms with van der Waals surface area (Å²) in [6.07, 6.45) is 5.66. The number of methoxy groups -OCH3 is 1. The fourth-order valence-corrected chi connectivity index (χ4v) is 4.11. The van der Waals surface area contributed by atoms with Crippen molar-refractivity contribution in [3.63, 3.8) is 0 Å². The monoisotopic (exact) mass is 487 g/mol. The normalized spacial score (nSPS) is 12.0. The van der Waals surface area contributed by atoms with E-state index in [0.717, 1.165) is 10.6 Å². The summed E-state index contributed by atoms with van der Waals surface area (Å²) in [6, 6.07) is 10.4. The zero-order chi connectivity index (χ0) is 25.1. The van der Waals surface area contributed by atoms with Crippen LogP contribution in [0.5, 0.6) is 17.2 Å². The van der Waals surface area contributed by atoms with Crippen LogP contribution in [0.3, 0.4) is 0 Å². The molecule has 10 heteroatoms. The van der Waals surface area contributed by atoms with E-state index in [-0.39, 0.29) is 6.61 Å². The van der Waals surface area contributed by atoms with Crippen LogP contribution in [0.4, 0.5) is 5.69 Å². The molecule has 1 amide bonds. The Morgan fingerprint density at radius 1 is 1.09 bits per heavy atom. The molecule has 2 rings (SSSR count). The first kappa shape index (κ1) is 26.5. The first-order valence-electron chi connectivity index (χ1n) is 10.3. The molecule has 0 unspecified atom stereocenters. The van der Waals surface area contributed by atoms with Crippen molar-refractivity contribution in [2.24, 2.45) is 5.10 Å². The summed E-state index contributed by atoms with van der Waals surface area (Å²) in [5.41, 5.74) is 3.29. The summed E-state index contributed by atoms with van der Waals surface area (Å²) < 4.78 is 42.1. The van der Waals surface area contributed by atoms with Gasteiger partial charge in [0, 0.05) is 11.6 Å². The van der Waals surface area contributed by atoms with Gasteiger partial charge in [-0.15, -0.1) is 0 Å². The lowest BCUT2D eigenvalue weighted by Crippen LogP contribution is -2.46. The van der Waals surface area contributed by atoms with E-state index < -0.39 is 22.0 Å². The molecule has 0 aliphatic rings. The van der Waals surface area contributed by atoms with Crippen LogP contribution in [0.2, 0.25) is 0 Å². The van der Waals surface area contributed by atoms with E-state index in [0.29, 0.717) is 35.1 Å². The van der Waals surface area contributed by atoms with E-state index in [2.05, 4.69) is 23.7 Å². The molecular weight excluding hydrogens is 458 g/mol. The minimum Gasteiger partial charge on any atom is -0.497 e. The Morgan fingerprint density at radius 2 is 1.71 bits per heavy atom. The van der Waals surface area contributed by atoms with Gasteiger partial charge in [-0.25, -0.2) is 13.8 Å². The van der Waals surface area contributed by atoms with Gasteiger partial charge in [0.15, 0.2) is 0 Å². The standard InChI is InChI=1S/C24H29N3O6S/c1-6-14-32-22-11-8-19(23(16-22)33-15-7-2)17-25-26-24(28)18(3)27(34(5,29)30)20-9-12-21(31-4)13-10-20/h6-13,16-18H,1-2,14-15H2,3-5H3,(H,26,28)/b25-17-/t18-/m1/s1. The minimum absolute atomic E-state index is 0.264. The maximum absolute atomic E-state index is 12.7. The number of nitrogens with one attached hydrogen (secondary N) is 1. The van der Waals surface area contributed by atoms with Crippen LogP contribution < -0.4 is 23.9 Å².